The standard InChI is InChI=1S/C6H12NO/c1-6-4-2-3-5-7(6)8/h6H,2-5H2,1H3. The zero-order valence-electron chi connectivity index (χ0n) is 5.26. The lowest BCUT2D eigenvalue weighted by Gasteiger charge is -2.24. The molecule has 0 saturated carbocycles. The number of piperidine rings is 1. The van der Waals surface area contributed by atoms with Crippen LogP contribution in [0.2, 0.25) is 0 Å². The summed E-state index contributed by atoms with van der Waals surface area (Å²) >= 11 is 0. The maximum Gasteiger partial charge on any atom is 0.0355 e. The van der Waals surface area contributed by atoms with Crippen LogP contribution < -0.4 is 0 Å². The summed E-state index contributed by atoms with van der Waals surface area (Å²) in [4.78, 5) is 0. The maximum atomic E-state index is 10.7. The summed E-state index contributed by atoms with van der Waals surface area (Å²) in [6.07, 6.45) is 3.41. The van der Waals surface area contributed by atoms with Gasteiger partial charge in [-0.25, -0.2) is 0 Å². The molecule has 0 N–H and O–H groups in total. The van der Waals surface area contributed by atoms with E-state index < -0.39 is 0 Å². The Kier molecular flexibility index (Phi) is 1.86. The Labute approximate surface area is 50.1 Å². The first-order valence-electron chi connectivity index (χ1n) is 3.24. The number of nitrogens with zero attached hydrogens (tertiary/aromatic N) is 1. The molecule has 0 aromatic carbocycles. The molecule has 2 heteroatoms. The molecule has 1 rings (SSSR count). The van der Waals surface area contributed by atoms with Crippen molar-refractivity contribution in [1.82, 2.24) is 5.06 Å². The molecule has 1 aliphatic heterocycles. The van der Waals surface area contributed by atoms with Gasteiger partial charge >= 0.3 is 0 Å². The van der Waals surface area contributed by atoms with Crippen molar-refractivity contribution in [2.75, 3.05) is 6.54 Å². The van der Waals surface area contributed by atoms with E-state index in [9.17, 15) is 5.21 Å². The fourth-order valence-electron chi connectivity index (χ4n) is 1.07. The van der Waals surface area contributed by atoms with Crippen molar-refractivity contribution in [3.05, 3.63) is 0 Å². The average molecular weight is 114 g/mol. The van der Waals surface area contributed by atoms with Crippen LogP contribution in [0.5, 0.6) is 0 Å². The molecule has 0 aromatic heterocycles. The molecule has 1 heterocycles. The number of rotatable bonds is 0. The van der Waals surface area contributed by atoms with Crippen molar-refractivity contribution in [1.29, 1.82) is 0 Å². The van der Waals surface area contributed by atoms with E-state index in [1.807, 2.05) is 6.92 Å². The molecule has 0 amide bonds. The highest BCUT2D eigenvalue weighted by molar-refractivity contribution is 4.64. The van der Waals surface area contributed by atoms with Crippen molar-refractivity contribution < 1.29 is 5.21 Å². The third-order valence-corrected chi connectivity index (χ3v) is 1.74. The van der Waals surface area contributed by atoms with E-state index >= 15 is 0 Å². The van der Waals surface area contributed by atoms with E-state index in [4.69, 9.17) is 0 Å². The fourth-order valence-corrected chi connectivity index (χ4v) is 1.07. The first-order valence-corrected chi connectivity index (χ1v) is 3.24. The molecule has 1 aliphatic rings. The van der Waals surface area contributed by atoms with Gasteiger partial charge < -0.3 is 0 Å². The monoisotopic (exact) mass is 114 g/mol. The van der Waals surface area contributed by atoms with Crippen LogP contribution in [0.4, 0.5) is 0 Å². The quantitative estimate of drug-likeness (QED) is 0.464. The molecule has 47 valence electrons. The summed E-state index contributed by atoms with van der Waals surface area (Å²) in [5, 5.41) is 11.9. The molecule has 1 atom stereocenters. The van der Waals surface area contributed by atoms with Gasteiger partial charge in [0.15, 0.2) is 0 Å². The van der Waals surface area contributed by atoms with Crippen molar-refractivity contribution >= 4 is 0 Å². The summed E-state index contributed by atoms with van der Waals surface area (Å²) in [6, 6.07) is 0.281. The van der Waals surface area contributed by atoms with E-state index in [0.29, 0.717) is 0 Å². The Morgan fingerprint density at radius 1 is 1.50 bits per heavy atom. The van der Waals surface area contributed by atoms with E-state index in [1.54, 1.807) is 0 Å². The van der Waals surface area contributed by atoms with Crippen LogP contribution in [0, 0.1) is 0 Å². The Morgan fingerprint density at radius 3 is 2.62 bits per heavy atom. The highest BCUT2D eigenvalue weighted by atomic mass is 16.5. The van der Waals surface area contributed by atoms with Gasteiger partial charge in [-0.05, 0) is 19.8 Å². The smallest absolute Gasteiger partial charge is 0.0355 e. The van der Waals surface area contributed by atoms with Crippen molar-refractivity contribution in [3.8, 4) is 0 Å². The minimum absolute atomic E-state index is 0.281. The summed E-state index contributed by atoms with van der Waals surface area (Å²) in [7, 11) is 0. The highest BCUT2D eigenvalue weighted by Crippen LogP contribution is 2.13. The molecule has 0 bridgehead atoms. The van der Waals surface area contributed by atoms with Crippen LogP contribution in [0.3, 0.4) is 0 Å². The van der Waals surface area contributed by atoms with Crippen LogP contribution in [-0.4, -0.2) is 17.6 Å². The molecule has 8 heavy (non-hydrogen) atoms. The fraction of sp³-hybridized carbons (Fsp3) is 1.00. The summed E-state index contributed by atoms with van der Waals surface area (Å²) < 4.78 is 0. The lowest BCUT2D eigenvalue weighted by molar-refractivity contribution is -0.194. The van der Waals surface area contributed by atoms with Crippen LogP contribution in [-0.2, 0) is 5.21 Å². The Bertz CT molecular complexity index is 64.9. The van der Waals surface area contributed by atoms with Gasteiger partial charge in [0.2, 0.25) is 0 Å². The lowest BCUT2D eigenvalue weighted by Crippen LogP contribution is -2.32. The van der Waals surface area contributed by atoms with Gasteiger partial charge in [-0.15, -0.1) is 5.21 Å². The lowest BCUT2D eigenvalue weighted by atomic mass is 10.1. The summed E-state index contributed by atoms with van der Waals surface area (Å²) in [5.41, 5.74) is 0. The Balaban J connectivity index is 2.28. The minimum atomic E-state index is 0.281. The zero-order valence-corrected chi connectivity index (χ0v) is 5.26. The summed E-state index contributed by atoms with van der Waals surface area (Å²) in [6.45, 7) is 2.74. The first kappa shape index (κ1) is 6.05. The van der Waals surface area contributed by atoms with Crippen LogP contribution in [0.1, 0.15) is 26.2 Å². The predicted molar refractivity (Wildman–Crippen MR) is 30.7 cm³/mol. The molecule has 1 unspecified atom stereocenters. The largest absolute Gasteiger partial charge is 0.152 e. The third-order valence-electron chi connectivity index (χ3n) is 1.74. The molecule has 1 radical (unpaired) electrons. The number of hydrogen-bond donors (Lipinski definition) is 0. The van der Waals surface area contributed by atoms with Gasteiger partial charge in [-0.3, -0.25) is 0 Å². The molecular weight excluding hydrogens is 102 g/mol. The van der Waals surface area contributed by atoms with Gasteiger partial charge in [-0.2, -0.15) is 5.06 Å². The Hall–Kier alpha value is -0.0800. The highest BCUT2D eigenvalue weighted by Gasteiger charge is 2.16. The van der Waals surface area contributed by atoms with Crippen LogP contribution in [0.25, 0.3) is 0 Å². The van der Waals surface area contributed by atoms with Gasteiger partial charge in [0, 0.05) is 12.6 Å². The molecule has 0 aromatic rings. The SMILES string of the molecule is CC1CCCCN1[O]. The third kappa shape index (κ3) is 1.20. The second kappa shape index (κ2) is 2.46. The molecule has 0 aliphatic carbocycles. The first-order chi connectivity index (χ1) is 3.80. The van der Waals surface area contributed by atoms with Gasteiger partial charge in [-0.1, -0.05) is 6.42 Å². The maximum absolute atomic E-state index is 10.7. The van der Waals surface area contributed by atoms with Crippen molar-refractivity contribution in [3.63, 3.8) is 0 Å². The molecule has 1 saturated heterocycles. The van der Waals surface area contributed by atoms with Gasteiger partial charge in [0.25, 0.3) is 0 Å². The number of hydroxylamine groups is 2. The molecular formula is C6H12NO. The van der Waals surface area contributed by atoms with Crippen LogP contribution >= 0.6 is 0 Å². The zero-order chi connectivity index (χ0) is 5.98. The van der Waals surface area contributed by atoms with Gasteiger partial charge in [0.1, 0.15) is 0 Å². The second-order valence-electron chi connectivity index (χ2n) is 2.49. The normalized spacial score (nSPS) is 33.0. The molecule has 2 nitrogen and oxygen atoms in total. The molecule has 0 spiro atoms. The van der Waals surface area contributed by atoms with Crippen LogP contribution in [0.15, 0.2) is 0 Å². The van der Waals surface area contributed by atoms with E-state index in [1.165, 1.54) is 11.5 Å². The predicted octanol–water partition coefficient (Wildman–Crippen LogP) is 1.21. The minimum Gasteiger partial charge on any atom is -0.152 e. The van der Waals surface area contributed by atoms with Gasteiger partial charge in [0.05, 0.1) is 0 Å². The van der Waals surface area contributed by atoms with Crippen molar-refractivity contribution in [2.24, 2.45) is 0 Å². The second-order valence-corrected chi connectivity index (χ2v) is 2.49. The van der Waals surface area contributed by atoms with E-state index in [2.05, 4.69) is 0 Å². The van der Waals surface area contributed by atoms with Crippen molar-refractivity contribution in [2.45, 2.75) is 32.2 Å². The summed E-state index contributed by atoms with van der Waals surface area (Å²) in [5.74, 6) is 0. The average Bonchev–Trinajstić information content (AvgIpc) is 1.77. The van der Waals surface area contributed by atoms with E-state index in [0.717, 1.165) is 19.4 Å². The topological polar surface area (TPSA) is 23.1 Å². The number of hydrogen-bond acceptors (Lipinski definition) is 1. The Morgan fingerprint density at radius 2 is 2.25 bits per heavy atom. The van der Waals surface area contributed by atoms with E-state index in [-0.39, 0.29) is 6.04 Å². The molecule has 1 fully saturated rings.